The van der Waals surface area contributed by atoms with Crippen LogP contribution in [0.15, 0.2) is 33.5 Å². The largest absolute Gasteiger partial charge is 0.508 e. The summed E-state index contributed by atoms with van der Waals surface area (Å²) in [7, 11) is 0. The molecule has 0 amide bonds. The van der Waals surface area contributed by atoms with E-state index in [1.165, 1.54) is 30.0 Å². The summed E-state index contributed by atoms with van der Waals surface area (Å²) in [4.78, 5) is 22.7. The van der Waals surface area contributed by atoms with Gasteiger partial charge < -0.3 is 14.3 Å². The molecule has 0 unspecified atom stereocenters. The van der Waals surface area contributed by atoms with E-state index in [2.05, 4.69) is 0 Å². The van der Waals surface area contributed by atoms with Crippen molar-refractivity contribution in [2.45, 2.75) is 12.7 Å². The summed E-state index contributed by atoms with van der Waals surface area (Å²) >= 11 is 1.36. The highest BCUT2D eigenvalue weighted by Gasteiger charge is 2.08. The lowest BCUT2D eigenvalue weighted by atomic mass is 10.1. The van der Waals surface area contributed by atoms with Crippen LogP contribution >= 0.6 is 11.8 Å². The van der Waals surface area contributed by atoms with Crippen molar-refractivity contribution in [3.8, 4) is 5.75 Å². The number of fused-ring (bicyclic) bond motifs is 1. The molecule has 2 aromatic rings. The second-order valence-electron chi connectivity index (χ2n) is 4.07. The van der Waals surface area contributed by atoms with Crippen LogP contribution in [0.1, 0.15) is 12.5 Å². The maximum absolute atomic E-state index is 11.5. The molecule has 0 radical (unpaired) electrons. The molecule has 0 saturated heterocycles. The summed E-state index contributed by atoms with van der Waals surface area (Å²) in [6.45, 7) is 2.11. The molecule has 1 heterocycles. The fraction of sp³-hybridized carbons (Fsp3) is 0.286. The highest BCUT2D eigenvalue weighted by atomic mass is 32.2. The third kappa shape index (κ3) is 3.54. The predicted octanol–water partition coefficient (Wildman–Crippen LogP) is 2.29. The molecule has 0 aliphatic rings. The van der Waals surface area contributed by atoms with E-state index in [4.69, 9.17) is 9.15 Å². The number of aromatic hydroxyl groups is 1. The molecule has 106 valence electrons. The molecular weight excluding hydrogens is 280 g/mol. The summed E-state index contributed by atoms with van der Waals surface area (Å²) in [6.07, 6.45) is 0. The summed E-state index contributed by atoms with van der Waals surface area (Å²) in [5, 5.41) is 10.1. The van der Waals surface area contributed by atoms with Gasteiger partial charge in [0.2, 0.25) is 0 Å². The van der Waals surface area contributed by atoms with Crippen LogP contribution in [0.5, 0.6) is 5.75 Å². The zero-order valence-corrected chi connectivity index (χ0v) is 11.7. The van der Waals surface area contributed by atoms with E-state index in [0.29, 0.717) is 17.9 Å². The molecule has 1 aromatic carbocycles. The first-order valence-corrected chi connectivity index (χ1v) is 7.24. The number of phenolic OH excluding ortho intramolecular Hbond substituents is 1. The highest BCUT2D eigenvalue weighted by molar-refractivity contribution is 7.99. The third-order valence-electron chi connectivity index (χ3n) is 2.60. The molecule has 1 aromatic heterocycles. The number of esters is 1. The van der Waals surface area contributed by atoms with Crippen molar-refractivity contribution < 1.29 is 19.1 Å². The second-order valence-corrected chi connectivity index (χ2v) is 5.05. The molecule has 0 atom stereocenters. The maximum atomic E-state index is 11.5. The highest BCUT2D eigenvalue weighted by Crippen LogP contribution is 2.24. The van der Waals surface area contributed by atoms with Crippen LogP contribution in [0.25, 0.3) is 11.0 Å². The molecule has 5 nitrogen and oxygen atoms in total. The van der Waals surface area contributed by atoms with Gasteiger partial charge in [-0.25, -0.2) is 4.79 Å². The number of thioether (sulfide) groups is 1. The van der Waals surface area contributed by atoms with Crippen LogP contribution in [-0.2, 0) is 15.3 Å². The molecular formula is C14H14O5S. The Morgan fingerprint density at radius 3 is 2.95 bits per heavy atom. The Hall–Kier alpha value is -1.95. The molecule has 1 N–H and O–H groups in total. The number of phenols is 1. The van der Waals surface area contributed by atoms with Crippen LogP contribution in [0.2, 0.25) is 0 Å². The molecule has 0 aliphatic carbocycles. The van der Waals surface area contributed by atoms with Crippen LogP contribution < -0.4 is 5.63 Å². The summed E-state index contributed by atoms with van der Waals surface area (Å²) < 4.78 is 9.87. The minimum absolute atomic E-state index is 0.0389. The van der Waals surface area contributed by atoms with Crippen LogP contribution in [-0.4, -0.2) is 23.4 Å². The van der Waals surface area contributed by atoms with E-state index in [1.54, 1.807) is 13.0 Å². The van der Waals surface area contributed by atoms with Gasteiger partial charge >= 0.3 is 11.6 Å². The van der Waals surface area contributed by atoms with Crippen molar-refractivity contribution >= 4 is 28.7 Å². The number of benzene rings is 1. The molecule has 0 saturated carbocycles. The van der Waals surface area contributed by atoms with Gasteiger partial charge in [-0.2, -0.15) is 0 Å². The van der Waals surface area contributed by atoms with Crippen LogP contribution in [0, 0.1) is 0 Å². The topological polar surface area (TPSA) is 76.7 Å². The third-order valence-corrected chi connectivity index (χ3v) is 3.55. The van der Waals surface area contributed by atoms with Gasteiger partial charge in [-0.15, -0.1) is 11.8 Å². The molecule has 6 heteroatoms. The summed E-state index contributed by atoms with van der Waals surface area (Å²) in [6, 6.07) is 6.02. The van der Waals surface area contributed by atoms with Crippen LogP contribution in [0.3, 0.4) is 0 Å². The Balaban J connectivity index is 2.17. The zero-order valence-electron chi connectivity index (χ0n) is 10.9. The summed E-state index contributed by atoms with van der Waals surface area (Å²) in [5.41, 5.74) is 0.629. The van der Waals surface area contributed by atoms with Gasteiger partial charge in [0.1, 0.15) is 11.3 Å². The minimum Gasteiger partial charge on any atom is -0.508 e. The predicted molar refractivity (Wildman–Crippen MR) is 76.9 cm³/mol. The Bertz CT molecular complexity index is 677. The molecule has 0 spiro atoms. The second kappa shape index (κ2) is 6.47. The smallest absolute Gasteiger partial charge is 0.336 e. The SMILES string of the molecule is CCOC(=O)CSCc1cc(=O)oc2cc(O)ccc12. The Morgan fingerprint density at radius 2 is 2.20 bits per heavy atom. The minimum atomic E-state index is -0.477. The molecule has 0 aliphatic heterocycles. The number of carbonyl (C=O) groups excluding carboxylic acids is 1. The number of ether oxygens (including phenoxy) is 1. The van der Waals surface area contributed by atoms with Gasteiger partial charge in [-0.1, -0.05) is 0 Å². The quantitative estimate of drug-likeness (QED) is 0.673. The average molecular weight is 294 g/mol. The lowest BCUT2D eigenvalue weighted by Gasteiger charge is -2.05. The van der Waals surface area contributed by atoms with Crippen LogP contribution in [0.4, 0.5) is 0 Å². The van der Waals surface area contributed by atoms with Crippen molar-refractivity contribution in [2.75, 3.05) is 12.4 Å². The number of hydrogen-bond donors (Lipinski definition) is 1. The molecule has 2 rings (SSSR count). The Kier molecular flexibility index (Phi) is 4.68. The van der Waals surface area contributed by atoms with Gasteiger partial charge in [0.25, 0.3) is 0 Å². The number of carbonyl (C=O) groups is 1. The van der Waals surface area contributed by atoms with E-state index in [1.807, 2.05) is 0 Å². The fourth-order valence-electron chi connectivity index (χ4n) is 1.78. The molecule has 0 bridgehead atoms. The lowest BCUT2D eigenvalue weighted by Crippen LogP contribution is -2.07. The van der Waals surface area contributed by atoms with Gasteiger partial charge in [0.15, 0.2) is 0 Å². The fourth-order valence-corrected chi connectivity index (χ4v) is 2.60. The average Bonchev–Trinajstić information content (AvgIpc) is 2.38. The van der Waals surface area contributed by atoms with E-state index in [9.17, 15) is 14.7 Å². The number of hydrogen-bond acceptors (Lipinski definition) is 6. The van der Waals surface area contributed by atoms with E-state index in [0.717, 1.165) is 10.9 Å². The Labute approximate surface area is 119 Å². The zero-order chi connectivity index (χ0) is 14.5. The number of rotatable bonds is 5. The normalized spacial score (nSPS) is 10.7. The molecule has 20 heavy (non-hydrogen) atoms. The first-order valence-electron chi connectivity index (χ1n) is 6.09. The van der Waals surface area contributed by atoms with Crippen molar-refractivity contribution in [2.24, 2.45) is 0 Å². The van der Waals surface area contributed by atoms with Crippen molar-refractivity contribution in [1.29, 1.82) is 0 Å². The van der Waals surface area contributed by atoms with Gasteiger partial charge in [-0.05, 0) is 24.6 Å². The standard InChI is InChI=1S/C14H14O5S/c1-2-18-14(17)8-20-7-9-5-13(16)19-12-6-10(15)3-4-11(9)12/h3-6,15H,2,7-8H2,1H3. The van der Waals surface area contributed by atoms with Crippen molar-refractivity contribution in [3.63, 3.8) is 0 Å². The Morgan fingerprint density at radius 1 is 1.40 bits per heavy atom. The maximum Gasteiger partial charge on any atom is 0.336 e. The van der Waals surface area contributed by atoms with Gasteiger partial charge in [-0.3, -0.25) is 4.79 Å². The van der Waals surface area contributed by atoms with Gasteiger partial charge in [0.05, 0.1) is 12.4 Å². The monoisotopic (exact) mass is 294 g/mol. The van der Waals surface area contributed by atoms with E-state index in [-0.39, 0.29) is 17.5 Å². The first-order chi connectivity index (χ1) is 9.60. The van der Waals surface area contributed by atoms with Gasteiger partial charge in [0, 0.05) is 23.3 Å². The summed E-state index contributed by atoms with van der Waals surface area (Å²) in [5.74, 6) is 0.485. The lowest BCUT2D eigenvalue weighted by molar-refractivity contribution is -0.139. The first kappa shape index (κ1) is 14.5. The van der Waals surface area contributed by atoms with E-state index >= 15 is 0 Å². The molecule has 0 fully saturated rings. The van der Waals surface area contributed by atoms with E-state index < -0.39 is 5.63 Å². The van der Waals surface area contributed by atoms with Crippen molar-refractivity contribution in [3.05, 3.63) is 40.2 Å². The van der Waals surface area contributed by atoms with Crippen molar-refractivity contribution in [1.82, 2.24) is 0 Å².